The second-order valence-corrected chi connectivity index (χ2v) is 6.61. The van der Waals surface area contributed by atoms with Crippen molar-refractivity contribution in [2.75, 3.05) is 13.1 Å². The molecule has 7 heteroatoms. The fourth-order valence-electron chi connectivity index (χ4n) is 3.32. The van der Waals surface area contributed by atoms with E-state index >= 15 is 0 Å². The van der Waals surface area contributed by atoms with Gasteiger partial charge in [-0.1, -0.05) is 37.3 Å². The molecule has 3 rings (SSSR count). The molecule has 7 nitrogen and oxygen atoms in total. The molecule has 138 valence electrons. The summed E-state index contributed by atoms with van der Waals surface area (Å²) in [6.45, 7) is 4.31. The summed E-state index contributed by atoms with van der Waals surface area (Å²) in [6.07, 6.45) is 4.81. The molecule has 1 aliphatic heterocycles. The highest BCUT2D eigenvalue weighted by Gasteiger charge is 2.30. The maximum absolute atomic E-state index is 12.7. The number of benzene rings is 1. The summed E-state index contributed by atoms with van der Waals surface area (Å²) >= 11 is 0. The Hall–Kier alpha value is -2.70. The van der Waals surface area contributed by atoms with Gasteiger partial charge in [-0.3, -0.25) is 9.59 Å². The number of hydrogen-bond acceptors (Lipinski definition) is 4. The molecule has 0 N–H and O–H groups in total. The van der Waals surface area contributed by atoms with Crippen LogP contribution in [0, 0.1) is 0 Å². The number of hydrogen-bond donors (Lipinski definition) is 0. The van der Waals surface area contributed by atoms with Gasteiger partial charge in [-0.2, -0.15) is 0 Å². The number of carbonyl (C=O) groups excluding carboxylic acids is 2. The third kappa shape index (κ3) is 4.47. The second-order valence-electron chi connectivity index (χ2n) is 6.61. The van der Waals surface area contributed by atoms with Crippen molar-refractivity contribution in [1.29, 1.82) is 0 Å². The molecule has 0 spiro atoms. The van der Waals surface area contributed by atoms with E-state index in [4.69, 9.17) is 0 Å². The van der Waals surface area contributed by atoms with Gasteiger partial charge in [-0.15, -0.1) is 10.2 Å². The summed E-state index contributed by atoms with van der Waals surface area (Å²) in [5.74, 6) is 0.196. The molecule has 1 saturated heterocycles. The Morgan fingerprint density at radius 2 is 1.92 bits per heavy atom. The first-order chi connectivity index (χ1) is 12.7. The second kappa shape index (κ2) is 8.60. The van der Waals surface area contributed by atoms with Crippen LogP contribution in [-0.2, 0) is 22.7 Å². The van der Waals surface area contributed by atoms with E-state index in [1.807, 2.05) is 40.1 Å². The molecule has 1 aromatic carbocycles. The van der Waals surface area contributed by atoms with Gasteiger partial charge >= 0.3 is 0 Å². The Labute approximate surface area is 153 Å². The van der Waals surface area contributed by atoms with Crippen molar-refractivity contribution in [2.45, 2.75) is 45.3 Å². The van der Waals surface area contributed by atoms with E-state index in [0.29, 0.717) is 39.0 Å². The van der Waals surface area contributed by atoms with E-state index in [0.717, 1.165) is 12.0 Å². The standard InChI is InChI=1S/C19H25N5O2/c1-2-17-13-23(18(25)8-10-22-14-20-21-15-22)11-9-19(26)24(17)12-16-6-4-3-5-7-16/h3-7,14-15,17H,2,8-13H2,1H3/t17-/m0/s1. The number of rotatable bonds is 6. The average Bonchev–Trinajstić information content (AvgIpc) is 3.13. The third-order valence-corrected chi connectivity index (χ3v) is 4.86. The summed E-state index contributed by atoms with van der Waals surface area (Å²) in [4.78, 5) is 29.1. The SMILES string of the molecule is CC[C@H]1CN(C(=O)CCn2cnnc2)CCC(=O)N1Cc1ccccc1. The van der Waals surface area contributed by atoms with E-state index in [9.17, 15) is 9.59 Å². The summed E-state index contributed by atoms with van der Waals surface area (Å²) in [5, 5.41) is 7.50. The molecule has 2 aromatic rings. The zero-order valence-electron chi connectivity index (χ0n) is 15.1. The number of amides is 2. The fourth-order valence-corrected chi connectivity index (χ4v) is 3.32. The first kappa shape index (κ1) is 18.1. The van der Waals surface area contributed by atoms with Crippen molar-refractivity contribution in [3.8, 4) is 0 Å². The van der Waals surface area contributed by atoms with Crippen LogP contribution in [0.15, 0.2) is 43.0 Å². The lowest BCUT2D eigenvalue weighted by Crippen LogP contribution is -2.43. The molecule has 1 aromatic heterocycles. The molecule has 0 saturated carbocycles. The molecular formula is C19H25N5O2. The van der Waals surface area contributed by atoms with Gasteiger partial charge in [0.1, 0.15) is 12.7 Å². The summed E-state index contributed by atoms with van der Waals surface area (Å²) in [6, 6.07) is 10.1. The van der Waals surface area contributed by atoms with Crippen molar-refractivity contribution in [1.82, 2.24) is 24.6 Å². The van der Waals surface area contributed by atoms with E-state index in [2.05, 4.69) is 17.1 Å². The molecule has 0 bridgehead atoms. The van der Waals surface area contributed by atoms with Crippen molar-refractivity contribution >= 4 is 11.8 Å². The molecular weight excluding hydrogens is 330 g/mol. The van der Waals surface area contributed by atoms with Crippen molar-refractivity contribution in [3.05, 3.63) is 48.5 Å². The quantitative estimate of drug-likeness (QED) is 0.791. The minimum atomic E-state index is 0.0454. The summed E-state index contributed by atoms with van der Waals surface area (Å²) in [7, 11) is 0. The van der Waals surface area contributed by atoms with Crippen molar-refractivity contribution in [3.63, 3.8) is 0 Å². The predicted octanol–water partition coefficient (Wildman–Crippen LogP) is 1.71. The Morgan fingerprint density at radius 3 is 2.62 bits per heavy atom. The van der Waals surface area contributed by atoms with Gasteiger partial charge in [0, 0.05) is 45.1 Å². The average molecular weight is 355 g/mol. The fraction of sp³-hybridized carbons (Fsp3) is 0.474. The van der Waals surface area contributed by atoms with E-state index in [-0.39, 0.29) is 17.9 Å². The molecule has 1 atom stereocenters. The van der Waals surface area contributed by atoms with Crippen LogP contribution in [0.3, 0.4) is 0 Å². The largest absolute Gasteiger partial charge is 0.340 e. The van der Waals surface area contributed by atoms with Crippen LogP contribution < -0.4 is 0 Å². The molecule has 2 heterocycles. The molecule has 1 fully saturated rings. The number of aromatic nitrogens is 3. The molecule has 2 amide bonds. The van der Waals surface area contributed by atoms with Crippen LogP contribution >= 0.6 is 0 Å². The lowest BCUT2D eigenvalue weighted by atomic mass is 10.1. The van der Waals surface area contributed by atoms with Crippen LogP contribution in [0.4, 0.5) is 0 Å². The smallest absolute Gasteiger partial charge is 0.224 e. The monoisotopic (exact) mass is 355 g/mol. The Morgan fingerprint density at radius 1 is 1.19 bits per heavy atom. The maximum Gasteiger partial charge on any atom is 0.224 e. The summed E-state index contributed by atoms with van der Waals surface area (Å²) in [5.41, 5.74) is 1.12. The Balaban J connectivity index is 1.64. The van der Waals surface area contributed by atoms with E-state index < -0.39 is 0 Å². The van der Waals surface area contributed by atoms with Crippen LogP contribution in [-0.4, -0.2) is 55.5 Å². The molecule has 0 radical (unpaired) electrons. The zero-order chi connectivity index (χ0) is 18.4. The molecule has 0 aliphatic carbocycles. The highest BCUT2D eigenvalue weighted by molar-refractivity contribution is 5.80. The highest BCUT2D eigenvalue weighted by atomic mass is 16.2. The number of aryl methyl sites for hydroxylation is 1. The van der Waals surface area contributed by atoms with E-state index in [1.54, 1.807) is 17.2 Å². The van der Waals surface area contributed by atoms with E-state index in [1.165, 1.54) is 0 Å². The molecule has 0 unspecified atom stereocenters. The third-order valence-electron chi connectivity index (χ3n) is 4.86. The van der Waals surface area contributed by atoms with Gasteiger partial charge in [0.2, 0.25) is 11.8 Å². The first-order valence-corrected chi connectivity index (χ1v) is 9.11. The van der Waals surface area contributed by atoms with Crippen molar-refractivity contribution < 1.29 is 9.59 Å². The lowest BCUT2D eigenvalue weighted by molar-refractivity contribution is -0.133. The zero-order valence-corrected chi connectivity index (χ0v) is 15.1. The van der Waals surface area contributed by atoms with Crippen LogP contribution in [0.5, 0.6) is 0 Å². The molecule has 1 aliphatic rings. The number of carbonyl (C=O) groups is 2. The van der Waals surface area contributed by atoms with Crippen LogP contribution in [0.1, 0.15) is 31.7 Å². The Bertz CT molecular complexity index is 717. The van der Waals surface area contributed by atoms with Gasteiger partial charge in [0.15, 0.2) is 0 Å². The van der Waals surface area contributed by atoms with Gasteiger partial charge in [0.25, 0.3) is 0 Å². The lowest BCUT2D eigenvalue weighted by Gasteiger charge is -2.31. The minimum Gasteiger partial charge on any atom is -0.340 e. The number of nitrogens with zero attached hydrogens (tertiary/aromatic N) is 5. The Kier molecular flexibility index (Phi) is 5.99. The van der Waals surface area contributed by atoms with Gasteiger partial charge in [-0.05, 0) is 12.0 Å². The maximum atomic E-state index is 12.7. The van der Waals surface area contributed by atoms with Gasteiger partial charge < -0.3 is 14.4 Å². The van der Waals surface area contributed by atoms with Gasteiger partial charge in [0.05, 0.1) is 0 Å². The topological polar surface area (TPSA) is 71.3 Å². The summed E-state index contributed by atoms with van der Waals surface area (Å²) < 4.78 is 1.79. The highest BCUT2D eigenvalue weighted by Crippen LogP contribution is 2.18. The molecule has 26 heavy (non-hydrogen) atoms. The first-order valence-electron chi connectivity index (χ1n) is 9.11. The van der Waals surface area contributed by atoms with Gasteiger partial charge in [-0.25, -0.2) is 0 Å². The minimum absolute atomic E-state index is 0.0454. The van der Waals surface area contributed by atoms with Crippen LogP contribution in [0.2, 0.25) is 0 Å². The van der Waals surface area contributed by atoms with Crippen LogP contribution in [0.25, 0.3) is 0 Å². The van der Waals surface area contributed by atoms with Crippen molar-refractivity contribution in [2.24, 2.45) is 0 Å². The normalized spacial score (nSPS) is 18.0. The predicted molar refractivity (Wildman–Crippen MR) is 96.9 cm³/mol.